The third-order valence-electron chi connectivity index (χ3n) is 3.72. The van der Waals surface area contributed by atoms with Crippen LogP contribution in [0.3, 0.4) is 0 Å². The van der Waals surface area contributed by atoms with Gasteiger partial charge in [0.15, 0.2) is 0 Å². The van der Waals surface area contributed by atoms with Crippen molar-refractivity contribution in [1.29, 1.82) is 0 Å². The monoisotopic (exact) mass is 291 g/mol. The van der Waals surface area contributed by atoms with Crippen LogP contribution in [0.25, 0.3) is 0 Å². The summed E-state index contributed by atoms with van der Waals surface area (Å²) >= 11 is 6.36. The first-order valence-electron chi connectivity index (χ1n) is 6.82. The molecule has 2 aromatic rings. The molecule has 5 heteroatoms. The molecule has 106 valence electrons. The van der Waals surface area contributed by atoms with Gasteiger partial charge in [0.2, 0.25) is 0 Å². The van der Waals surface area contributed by atoms with E-state index in [9.17, 15) is 0 Å². The zero-order chi connectivity index (χ0) is 13.9. The highest BCUT2D eigenvalue weighted by atomic mass is 35.5. The molecule has 1 aromatic heterocycles. The summed E-state index contributed by atoms with van der Waals surface area (Å²) < 4.78 is 7.08. The fourth-order valence-electron chi connectivity index (χ4n) is 2.76. The molecular weight excluding hydrogens is 274 g/mol. The number of benzene rings is 1. The van der Waals surface area contributed by atoms with Crippen LogP contribution >= 0.6 is 11.6 Å². The number of aromatic nitrogens is 2. The van der Waals surface area contributed by atoms with Crippen LogP contribution in [0.2, 0.25) is 5.02 Å². The van der Waals surface area contributed by atoms with Crippen molar-refractivity contribution >= 4 is 11.6 Å². The van der Waals surface area contributed by atoms with Crippen LogP contribution < -0.4 is 5.32 Å². The molecule has 0 bridgehead atoms. The SMILES string of the molecule is COCCn1ncc(Cl)c1C1NCCc2ccccc21. The zero-order valence-corrected chi connectivity index (χ0v) is 12.2. The largest absolute Gasteiger partial charge is 0.383 e. The molecule has 1 aromatic carbocycles. The molecule has 20 heavy (non-hydrogen) atoms. The quantitative estimate of drug-likeness (QED) is 0.940. The minimum atomic E-state index is 0.104. The van der Waals surface area contributed by atoms with Crippen molar-refractivity contribution < 1.29 is 4.74 Å². The molecule has 1 N–H and O–H groups in total. The molecule has 0 saturated carbocycles. The highest BCUT2D eigenvalue weighted by Crippen LogP contribution is 2.32. The molecule has 0 spiro atoms. The van der Waals surface area contributed by atoms with E-state index in [4.69, 9.17) is 16.3 Å². The van der Waals surface area contributed by atoms with E-state index in [2.05, 4.69) is 34.7 Å². The Labute approximate surface area is 123 Å². The Balaban J connectivity index is 2.00. The molecule has 2 heterocycles. The predicted molar refractivity (Wildman–Crippen MR) is 79.1 cm³/mol. The summed E-state index contributed by atoms with van der Waals surface area (Å²) in [5.41, 5.74) is 3.70. The van der Waals surface area contributed by atoms with Gasteiger partial charge in [0.05, 0.1) is 36.1 Å². The van der Waals surface area contributed by atoms with E-state index < -0.39 is 0 Å². The average molecular weight is 292 g/mol. The lowest BCUT2D eigenvalue weighted by atomic mass is 9.92. The minimum absolute atomic E-state index is 0.104. The van der Waals surface area contributed by atoms with E-state index in [-0.39, 0.29) is 6.04 Å². The molecule has 4 nitrogen and oxygen atoms in total. The second kappa shape index (κ2) is 5.95. The van der Waals surface area contributed by atoms with Gasteiger partial charge in [0.1, 0.15) is 0 Å². The fourth-order valence-corrected chi connectivity index (χ4v) is 3.01. The maximum Gasteiger partial charge on any atom is 0.0837 e. The van der Waals surface area contributed by atoms with Crippen molar-refractivity contribution in [2.24, 2.45) is 0 Å². The molecule has 0 fully saturated rings. The maximum absolute atomic E-state index is 6.36. The number of nitrogens with zero attached hydrogens (tertiary/aromatic N) is 2. The molecule has 1 aliphatic rings. The summed E-state index contributed by atoms with van der Waals surface area (Å²) in [6.07, 6.45) is 2.77. The molecule has 0 aliphatic carbocycles. The van der Waals surface area contributed by atoms with Gasteiger partial charge in [-0.15, -0.1) is 0 Å². The first kappa shape index (κ1) is 13.6. The second-order valence-electron chi connectivity index (χ2n) is 4.93. The van der Waals surface area contributed by atoms with E-state index in [0.29, 0.717) is 18.2 Å². The lowest BCUT2D eigenvalue weighted by molar-refractivity contribution is 0.182. The van der Waals surface area contributed by atoms with Crippen molar-refractivity contribution in [2.45, 2.75) is 19.0 Å². The lowest BCUT2D eigenvalue weighted by Gasteiger charge is -2.27. The first-order valence-corrected chi connectivity index (χ1v) is 7.20. The summed E-state index contributed by atoms with van der Waals surface area (Å²) in [4.78, 5) is 0. The summed E-state index contributed by atoms with van der Waals surface area (Å²) in [5, 5.41) is 8.62. The predicted octanol–water partition coefficient (Wildman–Crippen LogP) is 2.42. The first-order chi connectivity index (χ1) is 9.81. The lowest BCUT2D eigenvalue weighted by Crippen LogP contribution is -2.32. The van der Waals surface area contributed by atoms with Crippen molar-refractivity contribution in [3.05, 3.63) is 52.3 Å². The normalized spacial score (nSPS) is 18.0. The number of halogens is 1. The van der Waals surface area contributed by atoms with Crippen LogP contribution in [0.15, 0.2) is 30.5 Å². The third kappa shape index (κ3) is 2.46. The summed E-state index contributed by atoms with van der Waals surface area (Å²) in [6, 6.07) is 8.61. The smallest absolute Gasteiger partial charge is 0.0837 e. The van der Waals surface area contributed by atoms with Gasteiger partial charge < -0.3 is 10.1 Å². The van der Waals surface area contributed by atoms with Gasteiger partial charge in [-0.2, -0.15) is 5.10 Å². The Hall–Kier alpha value is -1.36. The highest BCUT2D eigenvalue weighted by molar-refractivity contribution is 6.31. The number of hydrogen-bond donors (Lipinski definition) is 1. The number of hydrogen-bond acceptors (Lipinski definition) is 3. The topological polar surface area (TPSA) is 39.1 Å². The Bertz CT molecular complexity index is 597. The molecule has 1 aliphatic heterocycles. The number of ether oxygens (including phenoxy) is 1. The van der Waals surface area contributed by atoms with Crippen molar-refractivity contribution in [1.82, 2.24) is 15.1 Å². The minimum Gasteiger partial charge on any atom is -0.383 e. The molecular formula is C15H18ClN3O. The van der Waals surface area contributed by atoms with Crippen LogP contribution in [0.5, 0.6) is 0 Å². The Kier molecular flexibility index (Phi) is 4.05. The van der Waals surface area contributed by atoms with Crippen LogP contribution in [0.1, 0.15) is 22.9 Å². The van der Waals surface area contributed by atoms with Gasteiger partial charge in [-0.05, 0) is 17.5 Å². The summed E-state index contributed by atoms with van der Waals surface area (Å²) in [6.45, 7) is 2.28. The number of nitrogens with one attached hydrogen (secondary N) is 1. The van der Waals surface area contributed by atoms with E-state index in [0.717, 1.165) is 18.7 Å². The van der Waals surface area contributed by atoms with Crippen LogP contribution in [0.4, 0.5) is 0 Å². The Morgan fingerprint density at radius 1 is 1.45 bits per heavy atom. The van der Waals surface area contributed by atoms with Gasteiger partial charge in [-0.1, -0.05) is 35.9 Å². The molecule has 0 amide bonds. The third-order valence-corrected chi connectivity index (χ3v) is 4.01. The van der Waals surface area contributed by atoms with Gasteiger partial charge in [0, 0.05) is 13.7 Å². The Morgan fingerprint density at radius 2 is 2.30 bits per heavy atom. The van der Waals surface area contributed by atoms with Crippen LogP contribution in [-0.2, 0) is 17.7 Å². The fraction of sp³-hybridized carbons (Fsp3) is 0.400. The van der Waals surface area contributed by atoms with E-state index in [1.165, 1.54) is 11.1 Å². The molecule has 1 atom stereocenters. The number of rotatable bonds is 4. The van der Waals surface area contributed by atoms with Crippen LogP contribution in [0, 0.1) is 0 Å². The number of methoxy groups -OCH3 is 1. The van der Waals surface area contributed by atoms with E-state index in [1.807, 2.05) is 4.68 Å². The Morgan fingerprint density at radius 3 is 3.15 bits per heavy atom. The van der Waals surface area contributed by atoms with Crippen LogP contribution in [-0.4, -0.2) is 30.0 Å². The van der Waals surface area contributed by atoms with Crippen molar-refractivity contribution in [2.75, 3.05) is 20.3 Å². The molecule has 3 rings (SSSR count). The molecule has 0 radical (unpaired) electrons. The van der Waals surface area contributed by atoms with E-state index >= 15 is 0 Å². The standard InChI is InChI=1S/C15H18ClN3O/c1-20-9-8-19-15(13(16)10-18-19)14-12-5-3-2-4-11(12)6-7-17-14/h2-5,10,14,17H,6-9H2,1H3. The summed E-state index contributed by atoms with van der Waals surface area (Å²) in [5.74, 6) is 0. The molecule has 0 saturated heterocycles. The average Bonchev–Trinajstić information content (AvgIpc) is 2.85. The zero-order valence-electron chi connectivity index (χ0n) is 11.5. The maximum atomic E-state index is 6.36. The van der Waals surface area contributed by atoms with Crippen molar-refractivity contribution in [3.63, 3.8) is 0 Å². The molecule has 1 unspecified atom stereocenters. The van der Waals surface area contributed by atoms with E-state index in [1.54, 1.807) is 13.3 Å². The second-order valence-corrected chi connectivity index (χ2v) is 5.34. The highest BCUT2D eigenvalue weighted by Gasteiger charge is 2.26. The van der Waals surface area contributed by atoms with Gasteiger partial charge in [-0.25, -0.2) is 0 Å². The summed E-state index contributed by atoms with van der Waals surface area (Å²) in [7, 11) is 1.69. The van der Waals surface area contributed by atoms with Gasteiger partial charge in [0.25, 0.3) is 0 Å². The number of fused-ring (bicyclic) bond motifs is 1. The van der Waals surface area contributed by atoms with Gasteiger partial charge >= 0.3 is 0 Å². The van der Waals surface area contributed by atoms with Gasteiger partial charge in [-0.3, -0.25) is 4.68 Å². The van der Waals surface area contributed by atoms with Crippen molar-refractivity contribution in [3.8, 4) is 0 Å².